The zero-order chi connectivity index (χ0) is 22.8. The smallest absolute Gasteiger partial charge is 0.177 e. The van der Waals surface area contributed by atoms with Crippen LogP contribution in [-0.2, 0) is 6.54 Å². The molecule has 2 fully saturated rings. The number of ether oxygens (including phenoxy) is 2. The lowest BCUT2D eigenvalue weighted by Crippen LogP contribution is -2.52. The Morgan fingerprint density at radius 3 is 2.85 bits per heavy atom. The second-order valence-electron chi connectivity index (χ2n) is 9.08. The summed E-state index contributed by atoms with van der Waals surface area (Å²) in [4.78, 5) is 4.70. The summed E-state index contributed by atoms with van der Waals surface area (Å²) < 4.78 is 28.3. The third-order valence-corrected chi connectivity index (χ3v) is 7.20. The third-order valence-electron chi connectivity index (χ3n) is 6.88. The quantitative estimate of drug-likeness (QED) is 0.684. The van der Waals surface area contributed by atoms with E-state index in [1.54, 1.807) is 12.1 Å². The number of phenols is 1. The zero-order valence-corrected chi connectivity index (χ0v) is 19.5. The lowest BCUT2D eigenvalue weighted by molar-refractivity contribution is 0.119. The van der Waals surface area contributed by atoms with Gasteiger partial charge in [-0.05, 0) is 44.1 Å². The average Bonchev–Trinajstić information content (AvgIpc) is 3.01. The maximum atomic E-state index is 16.1. The summed E-state index contributed by atoms with van der Waals surface area (Å²) in [6, 6.07) is 6.85. The van der Waals surface area contributed by atoms with Crippen molar-refractivity contribution in [2.45, 2.75) is 31.8 Å². The van der Waals surface area contributed by atoms with Gasteiger partial charge in [-0.15, -0.1) is 0 Å². The molecule has 0 amide bonds. The van der Waals surface area contributed by atoms with Gasteiger partial charge < -0.3 is 19.9 Å². The molecule has 0 spiro atoms. The molecule has 3 aliphatic heterocycles. The van der Waals surface area contributed by atoms with Crippen LogP contribution in [0.5, 0.6) is 17.2 Å². The Balaban J connectivity index is 1.51. The largest absolute Gasteiger partial charge is 0.507 e. The number of hydrogen-bond acceptors (Lipinski definition) is 6. The third kappa shape index (κ3) is 4.78. The topological polar surface area (TPSA) is 57.2 Å². The number of likely N-dealkylation sites (tertiary alicyclic amines) is 1. The monoisotopic (exact) mass is 475 g/mol. The van der Waals surface area contributed by atoms with Crippen LogP contribution in [0.15, 0.2) is 24.3 Å². The Kier molecular flexibility index (Phi) is 6.92. The first-order valence-electron chi connectivity index (χ1n) is 11.9. The molecule has 8 heteroatoms. The molecule has 6 nitrogen and oxygen atoms in total. The van der Waals surface area contributed by atoms with E-state index in [9.17, 15) is 5.11 Å². The fourth-order valence-electron chi connectivity index (χ4n) is 5.08. The van der Waals surface area contributed by atoms with Gasteiger partial charge >= 0.3 is 0 Å². The summed E-state index contributed by atoms with van der Waals surface area (Å²) in [5.74, 6) is 0.0000876. The van der Waals surface area contributed by atoms with Crippen LogP contribution in [0, 0.1) is 5.82 Å². The molecule has 178 valence electrons. The highest BCUT2D eigenvalue weighted by atomic mass is 35.5. The van der Waals surface area contributed by atoms with Gasteiger partial charge in [-0.2, -0.15) is 0 Å². The van der Waals surface area contributed by atoms with Crippen molar-refractivity contribution in [3.8, 4) is 28.4 Å². The summed E-state index contributed by atoms with van der Waals surface area (Å²) in [6.07, 6.45) is 3.68. The molecule has 0 bridgehead atoms. The van der Waals surface area contributed by atoms with E-state index in [2.05, 4.69) is 15.1 Å². The first kappa shape index (κ1) is 22.7. The molecule has 0 unspecified atom stereocenters. The molecule has 0 radical (unpaired) electrons. The Hall–Kier alpha value is -2.06. The Bertz CT molecular complexity index is 979. The van der Waals surface area contributed by atoms with Gasteiger partial charge in [0.15, 0.2) is 11.6 Å². The van der Waals surface area contributed by atoms with Crippen LogP contribution < -0.4 is 14.8 Å². The molecule has 5 rings (SSSR count). The molecule has 33 heavy (non-hydrogen) atoms. The van der Waals surface area contributed by atoms with Gasteiger partial charge in [0.05, 0.1) is 16.6 Å². The normalized spacial score (nSPS) is 21.6. The zero-order valence-electron chi connectivity index (χ0n) is 18.8. The highest BCUT2D eigenvalue weighted by Crippen LogP contribution is 2.47. The highest BCUT2D eigenvalue weighted by Gasteiger charge is 2.32. The minimum absolute atomic E-state index is 0.0857. The molecule has 2 saturated heterocycles. The van der Waals surface area contributed by atoms with E-state index in [-0.39, 0.29) is 33.7 Å². The summed E-state index contributed by atoms with van der Waals surface area (Å²) >= 11 is 6.43. The number of rotatable bonds is 5. The summed E-state index contributed by atoms with van der Waals surface area (Å²) in [6.45, 7) is 6.95. The first-order valence-corrected chi connectivity index (χ1v) is 12.3. The van der Waals surface area contributed by atoms with Crippen LogP contribution in [0.4, 0.5) is 4.39 Å². The molecule has 0 aromatic heterocycles. The van der Waals surface area contributed by atoms with Gasteiger partial charge in [0.2, 0.25) is 0 Å². The fourth-order valence-corrected chi connectivity index (χ4v) is 5.34. The van der Waals surface area contributed by atoms with E-state index >= 15 is 4.39 Å². The molecule has 2 N–H and O–H groups in total. The second-order valence-corrected chi connectivity index (χ2v) is 9.48. The predicted molar refractivity (Wildman–Crippen MR) is 127 cm³/mol. The summed E-state index contributed by atoms with van der Waals surface area (Å²) in [5, 5.41) is 14.2. The van der Waals surface area contributed by atoms with Crippen molar-refractivity contribution in [1.82, 2.24) is 15.1 Å². The van der Waals surface area contributed by atoms with Crippen LogP contribution in [0.3, 0.4) is 0 Å². The molecular weight excluding hydrogens is 445 g/mol. The first-order chi connectivity index (χ1) is 16.1. The van der Waals surface area contributed by atoms with Crippen LogP contribution in [-0.4, -0.2) is 73.4 Å². The van der Waals surface area contributed by atoms with Gasteiger partial charge in [-0.1, -0.05) is 24.1 Å². The number of phenolic OH excluding ortho intramolecular Hbond substituents is 1. The molecule has 0 aliphatic carbocycles. The molecule has 2 aromatic carbocycles. The number of aromatic hydroxyl groups is 1. The van der Waals surface area contributed by atoms with Gasteiger partial charge in [-0.3, -0.25) is 9.80 Å². The maximum absolute atomic E-state index is 16.1. The van der Waals surface area contributed by atoms with Crippen molar-refractivity contribution in [2.75, 3.05) is 52.5 Å². The molecule has 0 saturated carbocycles. The Morgan fingerprint density at radius 1 is 1.18 bits per heavy atom. The van der Waals surface area contributed by atoms with E-state index < -0.39 is 5.82 Å². The minimum atomic E-state index is -0.531. The van der Waals surface area contributed by atoms with Crippen molar-refractivity contribution in [2.24, 2.45) is 0 Å². The van der Waals surface area contributed by atoms with Crippen LogP contribution in [0.25, 0.3) is 11.1 Å². The Morgan fingerprint density at radius 2 is 2.03 bits per heavy atom. The Labute approximate surface area is 199 Å². The highest BCUT2D eigenvalue weighted by molar-refractivity contribution is 6.33. The fraction of sp³-hybridized carbons (Fsp3) is 0.520. The van der Waals surface area contributed by atoms with Crippen molar-refractivity contribution < 1.29 is 19.0 Å². The van der Waals surface area contributed by atoms with E-state index in [1.165, 1.54) is 25.3 Å². The number of nitrogens with zero attached hydrogens (tertiary/aromatic N) is 2. The number of piperidine rings is 1. The van der Waals surface area contributed by atoms with E-state index in [0.29, 0.717) is 25.5 Å². The standard InChI is InChI=1S/C25H31ClFN3O3/c26-19-5-4-6-20(31)22(19)23-21(32-12-11-29-8-2-1-3-9-29)13-17-15-30-10-7-28-14-18(30)16-33-25(17)24(23)27/h4-6,13,18,28,31H,1-3,7-12,14-16H2/t18-/m1/s1. The van der Waals surface area contributed by atoms with Crippen LogP contribution >= 0.6 is 11.6 Å². The van der Waals surface area contributed by atoms with E-state index in [4.69, 9.17) is 21.1 Å². The van der Waals surface area contributed by atoms with Gasteiger partial charge in [0.25, 0.3) is 0 Å². The van der Waals surface area contributed by atoms with Crippen molar-refractivity contribution in [3.05, 3.63) is 40.7 Å². The number of piperazine rings is 1. The van der Waals surface area contributed by atoms with Crippen LogP contribution in [0.2, 0.25) is 5.02 Å². The molecule has 3 aliphatic rings. The van der Waals surface area contributed by atoms with E-state index in [0.717, 1.165) is 44.8 Å². The van der Waals surface area contributed by atoms with Crippen molar-refractivity contribution in [1.29, 1.82) is 0 Å². The van der Waals surface area contributed by atoms with Crippen molar-refractivity contribution >= 4 is 11.6 Å². The van der Waals surface area contributed by atoms with E-state index in [1.807, 2.05) is 6.07 Å². The van der Waals surface area contributed by atoms with Gasteiger partial charge in [0, 0.05) is 43.9 Å². The molecule has 3 heterocycles. The van der Waals surface area contributed by atoms with Crippen LogP contribution in [0.1, 0.15) is 24.8 Å². The molecular formula is C25H31ClFN3O3. The number of benzene rings is 2. The number of fused-ring (bicyclic) bond motifs is 2. The van der Waals surface area contributed by atoms with Crippen molar-refractivity contribution in [3.63, 3.8) is 0 Å². The summed E-state index contributed by atoms with van der Waals surface area (Å²) in [5.41, 5.74) is 1.16. The lowest BCUT2D eigenvalue weighted by Gasteiger charge is -2.33. The average molecular weight is 476 g/mol. The number of hydrogen-bond donors (Lipinski definition) is 2. The van der Waals surface area contributed by atoms with Gasteiger partial charge in [-0.25, -0.2) is 4.39 Å². The number of nitrogens with one attached hydrogen (secondary N) is 1. The maximum Gasteiger partial charge on any atom is 0.177 e. The summed E-state index contributed by atoms with van der Waals surface area (Å²) in [7, 11) is 0. The minimum Gasteiger partial charge on any atom is -0.507 e. The SMILES string of the molecule is Oc1cccc(Cl)c1-c1c(OCCN2CCCCC2)cc2c(c1F)OC[C@H]1CNCCN1C2. The molecule has 1 atom stereocenters. The second kappa shape index (κ2) is 10.1. The number of halogens is 2. The molecule has 2 aromatic rings. The van der Waals surface area contributed by atoms with Gasteiger partial charge in [0.1, 0.15) is 24.7 Å². The predicted octanol–water partition coefficient (Wildman–Crippen LogP) is 3.88. The lowest BCUT2D eigenvalue weighted by atomic mass is 9.99.